The molecule has 1 saturated heterocycles. The number of amides is 1. The molecular weight excluding hydrogens is 569 g/mol. The molecule has 1 aromatic carbocycles. The van der Waals surface area contributed by atoms with Gasteiger partial charge in [-0.3, -0.25) is 4.79 Å². The Morgan fingerprint density at radius 3 is 2.53 bits per heavy atom. The molecule has 0 radical (unpaired) electrons. The first-order valence-corrected chi connectivity index (χ1v) is 12.8. The van der Waals surface area contributed by atoms with E-state index in [9.17, 15) is 9.59 Å². The third kappa shape index (κ3) is 5.96. The highest BCUT2D eigenvalue weighted by molar-refractivity contribution is 14.1. The topological polar surface area (TPSA) is 108 Å². The van der Waals surface area contributed by atoms with Crippen molar-refractivity contribution < 1.29 is 14.3 Å². The van der Waals surface area contributed by atoms with Gasteiger partial charge in [-0.15, -0.1) is 10.2 Å². The summed E-state index contributed by atoms with van der Waals surface area (Å²) in [6, 6.07) is 10.7. The lowest BCUT2D eigenvalue weighted by Gasteiger charge is -2.36. The first kappa shape index (κ1) is 24.7. The molecule has 1 saturated carbocycles. The summed E-state index contributed by atoms with van der Waals surface area (Å²) in [5.41, 5.74) is 0.711. The van der Waals surface area contributed by atoms with E-state index in [1.165, 1.54) is 0 Å². The second-order valence-corrected chi connectivity index (χ2v) is 11.1. The van der Waals surface area contributed by atoms with Crippen molar-refractivity contribution in [2.24, 2.45) is 5.92 Å². The molecule has 4 rings (SSSR count). The molecule has 2 heterocycles. The highest BCUT2D eigenvalue weighted by atomic mass is 127. The van der Waals surface area contributed by atoms with Crippen LogP contribution in [0.5, 0.6) is 5.75 Å². The van der Waals surface area contributed by atoms with Crippen LogP contribution in [0.3, 0.4) is 0 Å². The van der Waals surface area contributed by atoms with Crippen molar-refractivity contribution in [3.8, 4) is 11.8 Å². The summed E-state index contributed by atoms with van der Waals surface area (Å²) in [5.74, 6) is 1.25. The van der Waals surface area contributed by atoms with Crippen LogP contribution >= 0.6 is 34.2 Å². The van der Waals surface area contributed by atoms with Crippen molar-refractivity contribution in [2.75, 3.05) is 18.0 Å². The Bertz CT molecular complexity index is 1080. The number of rotatable bonds is 6. The Kier molecular flexibility index (Phi) is 7.88. The number of carbonyl (C=O) groups is 2. The standard InChI is InChI=1S/C24H25ClIN5O3/c25-20-13-19(2-1-17(20)14-27)34-24(26)9-5-18(6-10-24)28-23(33)21-3-4-22(30-29-21)31-11-7-16(15-32)8-12-31/h1-4,13,15-16,18H,5-12H2,(H,28,33). The number of nitrogens with zero attached hydrogens (tertiary/aromatic N) is 4. The second kappa shape index (κ2) is 10.9. The van der Waals surface area contributed by atoms with Gasteiger partial charge < -0.3 is 19.7 Å². The SMILES string of the molecule is N#Cc1ccc(OC2(I)CCC(NC(=O)c3ccc(N4CCC(C=O)CC4)nn3)CC2)cc1Cl. The maximum atomic E-state index is 12.7. The maximum Gasteiger partial charge on any atom is 0.272 e. The lowest BCUT2D eigenvalue weighted by atomic mass is 9.92. The minimum atomic E-state index is -0.394. The van der Waals surface area contributed by atoms with Gasteiger partial charge in [-0.05, 0) is 85.4 Å². The fourth-order valence-electron chi connectivity index (χ4n) is 4.30. The number of nitrogens with one attached hydrogen (secondary N) is 1. The number of aromatic nitrogens is 2. The summed E-state index contributed by atoms with van der Waals surface area (Å²) < 4.78 is 5.79. The number of piperidine rings is 1. The fraction of sp³-hybridized carbons (Fsp3) is 0.458. The van der Waals surface area contributed by atoms with Gasteiger partial charge in [-0.25, -0.2) is 0 Å². The number of halogens is 2. The normalized spacial score (nSPS) is 23.1. The maximum absolute atomic E-state index is 12.7. The molecule has 1 aliphatic heterocycles. The molecule has 8 nitrogen and oxygen atoms in total. The molecule has 0 bridgehead atoms. The monoisotopic (exact) mass is 593 g/mol. The van der Waals surface area contributed by atoms with E-state index in [0.717, 1.165) is 63.7 Å². The Hall–Kier alpha value is -2.45. The van der Waals surface area contributed by atoms with Crippen molar-refractivity contribution in [1.82, 2.24) is 15.5 Å². The van der Waals surface area contributed by atoms with Gasteiger partial charge in [0.2, 0.25) is 0 Å². The van der Waals surface area contributed by atoms with Crippen LogP contribution in [-0.2, 0) is 4.79 Å². The predicted octanol–water partition coefficient (Wildman–Crippen LogP) is 4.30. The largest absolute Gasteiger partial charge is 0.477 e. The molecule has 178 valence electrons. The van der Waals surface area contributed by atoms with Crippen LogP contribution in [0.4, 0.5) is 5.82 Å². The van der Waals surface area contributed by atoms with Crippen LogP contribution in [0.15, 0.2) is 30.3 Å². The van der Waals surface area contributed by atoms with Crippen molar-refractivity contribution in [3.63, 3.8) is 0 Å². The molecule has 0 unspecified atom stereocenters. The zero-order chi connectivity index (χ0) is 24.1. The molecule has 0 spiro atoms. The summed E-state index contributed by atoms with van der Waals surface area (Å²) in [5, 5.41) is 20.8. The van der Waals surface area contributed by atoms with Gasteiger partial charge in [0.25, 0.3) is 5.91 Å². The van der Waals surface area contributed by atoms with Crippen LogP contribution in [0.2, 0.25) is 5.02 Å². The number of anilines is 1. The minimum Gasteiger partial charge on any atom is -0.477 e. The molecule has 1 aliphatic carbocycles. The Morgan fingerprint density at radius 1 is 1.21 bits per heavy atom. The van der Waals surface area contributed by atoms with Gasteiger partial charge in [0, 0.05) is 31.1 Å². The first-order valence-electron chi connectivity index (χ1n) is 11.3. The minimum absolute atomic E-state index is 0.0346. The van der Waals surface area contributed by atoms with E-state index >= 15 is 0 Å². The second-order valence-electron chi connectivity index (χ2n) is 8.72. The molecule has 2 aliphatic rings. The van der Waals surface area contributed by atoms with Crippen molar-refractivity contribution in [2.45, 2.75) is 48.2 Å². The molecule has 1 aromatic heterocycles. The fourth-order valence-corrected chi connectivity index (χ4v) is 5.39. The van der Waals surface area contributed by atoms with Gasteiger partial charge in [-0.1, -0.05) is 11.6 Å². The number of benzene rings is 1. The smallest absolute Gasteiger partial charge is 0.272 e. The Morgan fingerprint density at radius 2 is 1.94 bits per heavy atom. The lowest BCUT2D eigenvalue weighted by Crippen LogP contribution is -2.43. The van der Waals surface area contributed by atoms with Crippen molar-refractivity contribution in [3.05, 3.63) is 46.6 Å². The van der Waals surface area contributed by atoms with Gasteiger partial charge >= 0.3 is 0 Å². The number of hydrogen-bond acceptors (Lipinski definition) is 7. The number of ether oxygens (including phenoxy) is 1. The van der Waals surface area contributed by atoms with Gasteiger partial charge in [0.15, 0.2) is 15.1 Å². The molecular formula is C24H25ClIN5O3. The zero-order valence-electron chi connectivity index (χ0n) is 18.5. The van der Waals surface area contributed by atoms with Crippen LogP contribution in [-0.4, -0.2) is 45.1 Å². The number of alkyl halides is 1. The highest BCUT2D eigenvalue weighted by Gasteiger charge is 2.35. The molecule has 2 aromatic rings. The van der Waals surface area contributed by atoms with Crippen LogP contribution in [0, 0.1) is 17.2 Å². The predicted molar refractivity (Wildman–Crippen MR) is 136 cm³/mol. The molecule has 0 atom stereocenters. The average molecular weight is 594 g/mol. The molecule has 1 N–H and O–H groups in total. The van der Waals surface area contributed by atoms with E-state index in [1.807, 2.05) is 12.1 Å². The highest BCUT2D eigenvalue weighted by Crippen LogP contribution is 2.39. The number of hydrogen-bond donors (Lipinski definition) is 1. The van der Waals surface area contributed by atoms with E-state index in [-0.39, 0.29) is 17.9 Å². The van der Waals surface area contributed by atoms with E-state index < -0.39 is 3.61 Å². The quantitative estimate of drug-likeness (QED) is 0.302. The third-order valence-electron chi connectivity index (χ3n) is 6.37. The number of aldehydes is 1. The summed E-state index contributed by atoms with van der Waals surface area (Å²) in [6.45, 7) is 1.53. The summed E-state index contributed by atoms with van der Waals surface area (Å²) in [6.07, 6.45) is 5.73. The van der Waals surface area contributed by atoms with Crippen LogP contribution in [0.25, 0.3) is 0 Å². The summed E-state index contributed by atoms with van der Waals surface area (Å²) >= 11 is 8.44. The number of carbonyl (C=O) groups excluding carboxylic acids is 2. The third-order valence-corrected chi connectivity index (χ3v) is 7.98. The van der Waals surface area contributed by atoms with Crippen molar-refractivity contribution in [1.29, 1.82) is 5.26 Å². The molecule has 10 heteroatoms. The zero-order valence-corrected chi connectivity index (χ0v) is 21.5. The molecule has 1 amide bonds. The van der Waals surface area contributed by atoms with Crippen LogP contribution < -0.4 is 15.0 Å². The van der Waals surface area contributed by atoms with E-state index in [1.54, 1.807) is 24.3 Å². The van der Waals surface area contributed by atoms with Gasteiger partial charge in [0.1, 0.15) is 18.1 Å². The van der Waals surface area contributed by atoms with E-state index in [2.05, 4.69) is 43.0 Å². The van der Waals surface area contributed by atoms with Crippen LogP contribution in [0.1, 0.15) is 54.6 Å². The van der Waals surface area contributed by atoms with Gasteiger partial charge in [-0.2, -0.15) is 5.26 Å². The van der Waals surface area contributed by atoms with E-state index in [0.29, 0.717) is 22.0 Å². The Balaban J connectivity index is 1.27. The average Bonchev–Trinajstić information content (AvgIpc) is 2.86. The lowest BCUT2D eigenvalue weighted by molar-refractivity contribution is -0.111. The Labute approximate surface area is 217 Å². The van der Waals surface area contributed by atoms with Gasteiger partial charge in [0.05, 0.1) is 10.6 Å². The summed E-state index contributed by atoms with van der Waals surface area (Å²) in [7, 11) is 0. The first-order chi connectivity index (χ1) is 16.4. The molecule has 34 heavy (non-hydrogen) atoms. The van der Waals surface area contributed by atoms with Crippen molar-refractivity contribution >= 4 is 52.2 Å². The molecule has 2 fully saturated rings. The van der Waals surface area contributed by atoms with E-state index in [4.69, 9.17) is 21.6 Å². The number of nitriles is 1. The summed E-state index contributed by atoms with van der Waals surface area (Å²) in [4.78, 5) is 25.7.